The highest BCUT2D eigenvalue weighted by Crippen LogP contribution is 2.22. The largest absolute Gasteiger partial charge is 0.212 e. The van der Waals surface area contributed by atoms with E-state index in [1.807, 2.05) is 0 Å². The van der Waals surface area contributed by atoms with Crippen molar-refractivity contribution in [2.75, 3.05) is 0 Å². The molecule has 0 atom stereocenters. The Morgan fingerprint density at radius 2 is 2.12 bits per heavy atom. The summed E-state index contributed by atoms with van der Waals surface area (Å²) in [6.07, 6.45) is 4.60. The Labute approximate surface area is 56.2 Å². The minimum Gasteiger partial charge on any atom is -0.212 e. The molecule has 1 aliphatic carbocycles. The molecule has 0 saturated heterocycles. The van der Waals surface area contributed by atoms with Crippen molar-refractivity contribution < 1.29 is 4.39 Å². The molecule has 0 spiro atoms. The van der Waals surface area contributed by atoms with Gasteiger partial charge in [0, 0.05) is 6.42 Å². The second kappa shape index (κ2) is 2.44. The summed E-state index contributed by atoms with van der Waals surface area (Å²) in [6.45, 7) is 0. The zero-order valence-electron chi connectivity index (χ0n) is 4.32. The fourth-order valence-electron chi connectivity index (χ4n) is 0.586. The quantitative estimate of drug-likeness (QED) is 0.533. The van der Waals surface area contributed by atoms with Crippen molar-refractivity contribution in [3.63, 3.8) is 0 Å². The maximum atomic E-state index is 12.2. The summed E-state index contributed by atoms with van der Waals surface area (Å²) in [6, 6.07) is 0. The molecular formula is C6H6BrF. The van der Waals surface area contributed by atoms with Gasteiger partial charge in [0.2, 0.25) is 0 Å². The molecule has 0 fully saturated rings. The molecule has 0 radical (unpaired) electrons. The summed E-state index contributed by atoms with van der Waals surface area (Å²) in [7, 11) is 0. The lowest BCUT2D eigenvalue weighted by molar-refractivity contribution is 0.587. The lowest BCUT2D eigenvalue weighted by atomic mass is 10.2. The first-order valence-electron chi connectivity index (χ1n) is 2.50. The summed E-state index contributed by atoms with van der Waals surface area (Å²) >= 11 is 3.27. The minimum absolute atomic E-state index is 0.0202. The van der Waals surface area contributed by atoms with E-state index in [4.69, 9.17) is 0 Å². The van der Waals surface area contributed by atoms with E-state index in [-0.39, 0.29) is 5.83 Å². The third kappa shape index (κ3) is 1.44. The predicted octanol–water partition coefficient (Wildman–Crippen LogP) is 2.91. The average molecular weight is 177 g/mol. The molecule has 44 valence electrons. The van der Waals surface area contributed by atoms with E-state index in [0.29, 0.717) is 6.42 Å². The van der Waals surface area contributed by atoms with Crippen molar-refractivity contribution in [3.8, 4) is 0 Å². The molecule has 0 saturated carbocycles. The molecule has 0 aliphatic heterocycles. The Hall–Kier alpha value is -0.110. The number of hydrogen-bond donors (Lipinski definition) is 0. The van der Waals surface area contributed by atoms with Crippen molar-refractivity contribution in [2.24, 2.45) is 0 Å². The third-order valence-corrected chi connectivity index (χ3v) is 1.71. The van der Waals surface area contributed by atoms with Crippen LogP contribution in [0.2, 0.25) is 0 Å². The molecule has 0 bridgehead atoms. The van der Waals surface area contributed by atoms with Crippen LogP contribution < -0.4 is 0 Å². The van der Waals surface area contributed by atoms with Crippen molar-refractivity contribution >= 4 is 15.9 Å². The SMILES string of the molecule is FC1=CC=C(Br)CC1. The Bertz CT molecular complexity index is 129. The van der Waals surface area contributed by atoms with Gasteiger partial charge in [-0.2, -0.15) is 0 Å². The maximum Gasteiger partial charge on any atom is 0.100 e. The fraction of sp³-hybridized carbons (Fsp3) is 0.333. The van der Waals surface area contributed by atoms with Gasteiger partial charge in [-0.05, 0) is 23.1 Å². The van der Waals surface area contributed by atoms with Gasteiger partial charge in [0.25, 0.3) is 0 Å². The van der Waals surface area contributed by atoms with Crippen LogP contribution in [0.1, 0.15) is 12.8 Å². The first-order valence-corrected chi connectivity index (χ1v) is 3.29. The van der Waals surface area contributed by atoms with Crippen molar-refractivity contribution in [3.05, 3.63) is 22.5 Å². The second-order valence-electron chi connectivity index (χ2n) is 1.73. The molecule has 8 heavy (non-hydrogen) atoms. The zero-order valence-corrected chi connectivity index (χ0v) is 5.91. The van der Waals surface area contributed by atoms with E-state index < -0.39 is 0 Å². The molecule has 0 amide bonds. The van der Waals surface area contributed by atoms with E-state index >= 15 is 0 Å². The van der Waals surface area contributed by atoms with Crippen LogP contribution in [-0.4, -0.2) is 0 Å². The van der Waals surface area contributed by atoms with E-state index in [2.05, 4.69) is 15.9 Å². The molecule has 0 heterocycles. The van der Waals surface area contributed by atoms with Crippen LogP contribution in [-0.2, 0) is 0 Å². The minimum atomic E-state index is -0.0202. The van der Waals surface area contributed by atoms with Gasteiger partial charge < -0.3 is 0 Å². The van der Waals surface area contributed by atoms with Crippen LogP contribution in [0.25, 0.3) is 0 Å². The van der Waals surface area contributed by atoms with E-state index in [0.717, 1.165) is 10.9 Å². The average Bonchev–Trinajstić information content (AvgIpc) is 1.77. The molecular weight excluding hydrogens is 171 g/mol. The number of halogens is 2. The smallest absolute Gasteiger partial charge is 0.100 e. The molecule has 2 heteroatoms. The van der Waals surface area contributed by atoms with Crippen molar-refractivity contribution in [2.45, 2.75) is 12.8 Å². The number of hydrogen-bond acceptors (Lipinski definition) is 0. The van der Waals surface area contributed by atoms with Gasteiger partial charge in [0.05, 0.1) is 0 Å². The standard InChI is InChI=1S/C6H6BrF/c7-5-1-3-6(8)4-2-5/h1,3H,2,4H2. The molecule has 0 aromatic rings. The van der Waals surface area contributed by atoms with Gasteiger partial charge >= 0.3 is 0 Å². The number of allylic oxidation sites excluding steroid dienone is 4. The summed E-state index contributed by atoms with van der Waals surface area (Å²) in [4.78, 5) is 0. The summed E-state index contributed by atoms with van der Waals surface area (Å²) in [5, 5.41) is 0. The van der Waals surface area contributed by atoms with Gasteiger partial charge in [-0.15, -0.1) is 0 Å². The molecule has 0 N–H and O–H groups in total. The van der Waals surface area contributed by atoms with Crippen LogP contribution in [0.3, 0.4) is 0 Å². The van der Waals surface area contributed by atoms with Crippen molar-refractivity contribution in [1.29, 1.82) is 0 Å². The highest BCUT2D eigenvalue weighted by Gasteiger charge is 2.00. The predicted molar refractivity (Wildman–Crippen MR) is 35.4 cm³/mol. The summed E-state index contributed by atoms with van der Waals surface area (Å²) in [5.41, 5.74) is 0. The molecule has 1 rings (SSSR count). The van der Waals surface area contributed by atoms with Crippen LogP contribution in [0, 0.1) is 0 Å². The van der Waals surface area contributed by atoms with Crippen LogP contribution in [0.15, 0.2) is 22.5 Å². The van der Waals surface area contributed by atoms with Gasteiger partial charge in [-0.25, -0.2) is 4.39 Å². The Morgan fingerprint density at radius 1 is 1.38 bits per heavy atom. The molecule has 0 nitrogen and oxygen atoms in total. The van der Waals surface area contributed by atoms with E-state index in [1.54, 1.807) is 6.08 Å². The molecule has 0 aromatic carbocycles. The first kappa shape index (κ1) is 6.02. The molecule has 0 unspecified atom stereocenters. The van der Waals surface area contributed by atoms with Gasteiger partial charge in [0.1, 0.15) is 5.83 Å². The fourth-order valence-corrected chi connectivity index (χ4v) is 0.917. The third-order valence-electron chi connectivity index (χ3n) is 1.05. The van der Waals surface area contributed by atoms with Crippen LogP contribution in [0.5, 0.6) is 0 Å². The highest BCUT2D eigenvalue weighted by molar-refractivity contribution is 9.11. The summed E-state index contributed by atoms with van der Waals surface area (Å²) < 4.78 is 13.2. The summed E-state index contributed by atoms with van der Waals surface area (Å²) in [5.74, 6) is -0.0202. The van der Waals surface area contributed by atoms with Gasteiger partial charge in [-0.3, -0.25) is 0 Å². The number of rotatable bonds is 0. The lowest BCUT2D eigenvalue weighted by Crippen LogP contribution is -1.81. The maximum absolute atomic E-state index is 12.2. The molecule has 0 aromatic heterocycles. The monoisotopic (exact) mass is 176 g/mol. The Kier molecular flexibility index (Phi) is 1.84. The van der Waals surface area contributed by atoms with Gasteiger partial charge in [-0.1, -0.05) is 15.9 Å². The first-order chi connectivity index (χ1) is 3.79. The molecule has 1 aliphatic rings. The Morgan fingerprint density at radius 3 is 2.50 bits per heavy atom. The van der Waals surface area contributed by atoms with Crippen molar-refractivity contribution in [1.82, 2.24) is 0 Å². The zero-order chi connectivity index (χ0) is 5.98. The lowest BCUT2D eigenvalue weighted by Gasteiger charge is -2.00. The topological polar surface area (TPSA) is 0 Å². The Balaban J connectivity index is 2.65. The normalized spacial score (nSPS) is 19.8. The second-order valence-corrected chi connectivity index (χ2v) is 2.75. The highest BCUT2D eigenvalue weighted by atomic mass is 79.9. The van der Waals surface area contributed by atoms with E-state index in [1.165, 1.54) is 6.08 Å². The van der Waals surface area contributed by atoms with E-state index in [9.17, 15) is 4.39 Å². The van der Waals surface area contributed by atoms with Gasteiger partial charge in [0.15, 0.2) is 0 Å². The van der Waals surface area contributed by atoms with Crippen LogP contribution in [0.4, 0.5) is 4.39 Å². The van der Waals surface area contributed by atoms with Crippen LogP contribution >= 0.6 is 15.9 Å².